The number of amides is 1. The van der Waals surface area contributed by atoms with Gasteiger partial charge in [0, 0.05) is 38.8 Å². The molecular weight excluding hydrogens is 516 g/mol. The first-order valence-corrected chi connectivity index (χ1v) is 15.2. The van der Waals surface area contributed by atoms with Gasteiger partial charge in [-0.15, -0.1) is 10.2 Å². The first kappa shape index (κ1) is 29.3. The maximum absolute atomic E-state index is 12.9. The minimum atomic E-state index is -0.179. The van der Waals surface area contributed by atoms with Gasteiger partial charge in [0.25, 0.3) is 5.91 Å². The average Bonchev–Trinajstić information content (AvgIpc) is 2.96. The number of aromatic nitrogens is 2. The molecule has 220 valence electrons. The second kappa shape index (κ2) is 12.7. The lowest BCUT2D eigenvalue weighted by atomic mass is 9.73. The molecule has 1 saturated carbocycles. The highest BCUT2D eigenvalue weighted by atomic mass is 16.5. The molecule has 2 aliphatic heterocycles. The molecule has 3 aliphatic rings. The number of anilines is 1. The molecule has 0 bridgehead atoms. The van der Waals surface area contributed by atoms with Gasteiger partial charge in [0.15, 0.2) is 11.5 Å². The smallest absolute Gasteiger partial charge is 0.272 e. The number of aryl methyl sites for hydroxylation is 1. The fourth-order valence-electron chi connectivity index (χ4n) is 6.58. The highest BCUT2D eigenvalue weighted by Gasteiger charge is 2.37. The summed E-state index contributed by atoms with van der Waals surface area (Å²) in [6, 6.07) is 11.6. The summed E-state index contributed by atoms with van der Waals surface area (Å²) >= 11 is 0. The average molecular weight is 561 g/mol. The van der Waals surface area contributed by atoms with E-state index in [0.29, 0.717) is 17.2 Å². The lowest BCUT2D eigenvalue weighted by Gasteiger charge is -2.47. The number of likely N-dealkylation sites (tertiary alicyclic amines) is 1. The maximum Gasteiger partial charge on any atom is 0.272 e. The van der Waals surface area contributed by atoms with Crippen molar-refractivity contribution < 1.29 is 14.6 Å². The second-order valence-electron chi connectivity index (χ2n) is 12.9. The predicted octanol–water partition coefficient (Wildman–Crippen LogP) is 4.09. The molecule has 1 amide bonds. The Morgan fingerprint density at radius 3 is 2.46 bits per heavy atom. The fourth-order valence-corrected chi connectivity index (χ4v) is 6.58. The molecule has 9 nitrogen and oxygen atoms in total. The van der Waals surface area contributed by atoms with Crippen LogP contribution in [0.25, 0.3) is 0 Å². The monoisotopic (exact) mass is 560 g/mol. The molecule has 41 heavy (non-hydrogen) atoms. The number of nitrogens with one attached hydrogen (secondary N) is 1. The lowest BCUT2D eigenvalue weighted by molar-refractivity contribution is 0.0517. The molecule has 9 heteroatoms. The molecule has 1 atom stereocenters. The van der Waals surface area contributed by atoms with E-state index in [2.05, 4.69) is 45.2 Å². The van der Waals surface area contributed by atoms with E-state index < -0.39 is 0 Å². The van der Waals surface area contributed by atoms with E-state index in [4.69, 9.17) is 10.00 Å². The number of benzene rings is 1. The number of hydrogen-bond acceptors (Lipinski definition) is 8. The standard InChI is InChI=1S/C32H44N6O3/c1-22-18-28(7-4-23(22)19-33)41-27-8-5-25(6-9-27)34-31(40)29-10-11-30(36-35-29)38-17-12-24(32(2,3)21-38)20-37-15-13-26(39)14-16-37/h4,7,10-11,18,24-27,39H,5-6,8-9,12-17,20-21H2,1-3H3,(H,34,40). The van der Waals surface area contributed by atoms with Crippen LogP contribution >= 0.6 is 0 Å². The number of aliphatic hydroxyl groups is 1. The predicted molar refractivity (Wildman–Crippen MR) is 158 cm³/mol. The van der Waals surface area contributed by atoms with Crippen LogP contribution in [0, 0.1) is 29.6 Å². The summed E-state index contributed by atoms with van der Waals surface area (Å²) in [4.78, 5) is 17.7. The van der Waals surface area contributed by atoms with Crippen LogP contribution in [0.3, 0.4) is 0 Å². The topological polar surface area (TPSA) is 115 Å². The molecule has 1 aromatic carbocycles. The Morgan fingerprint density at radius 1 is 1.07 bits per heavy atom. The quantitative estimate of drug-likeness (QED) is 0.521. The SMILES string of the molecule is Cc1cc(OC2CCC(NC(=O)c3ccc(N4CCC(CN5CCC(O)CC5)C(C)(C)C4)nn3)CC2)ccc1C#N. The van der Waals surface area contributed by atoms with E-state index in [1.54, 1.807) is 12.1 Å². The van der Waals surface area contributed by atoms with Crippen LogP contribution < -0.4 is 15.0 Å². The van der Waals surface area contributed by atoms with E-state index in [0.717, 1.165) is 94.8 Å². The summed E-state index contributed by atoms with van der Waals surface area (Å²) in [6.45, 7) is 11.5. The van der Waals surface area contributed by atoms with E-state index in [-0.39, 0.29) is 29.6 Å². The fraction of sp³-hybridized carbons (Fsp3) is 0.625. The third-order valence-corrected chi connectivity index (χ3v) is 9.32. The van der Waals surface area contributed by atoms with Crippen molar-refractivity contribution in [2.75, 3.05) is 37.6 Å². The van der Waals surface area contributed by atoms with Gasteiger partial charge in [0.05, 0.1) is 23.8 Å². The Morgan fingerprint density at radius 2 is 1.83 bits per heavy atom. The number of nitrogens with zero attached hydrogens (tertiary/aromatic N) is 5. The molecule has 3 heterocycles. The van der Waals surface area contributed by atoms with Crippen molar-refractivity contribution in [3.63, 3.8) is 0 Å². The first-order valence-electron chi connectivity index (χ1n) is 15.2. The zero-order valence-electron chi connectivity index (χ0n) is 24.7. The number of aliphatic hydroxyl groups excluding tert-OH is 1. The summed E-state index contributed by atoms with van der Waals surface area (Å²) in [7, 11) is 0. The third-order valence-electron chi connectivity index (χ3n) is 9.32. The zero-order valence-corrected chi connectivity index (χ0v) is 24.7. The molecular formula is C32H44N6O3. The van der Waals surface area contributed by atoms with Crippen molar-refractivity contribution >= 4 is 11.7 Å². The van der Waals surface area contributed by atoms with Crippen LogP contribution in [0.5, 0.6) is 5.75 Å². The van der Waals surface area contributed by atoms with Crippen molar-refractivity contribution in [3.05, 3.63) is 47.2 Å². The third kappa shape index (κ3) is 7.35. The summed E-state index contributed by atoms with van der Waals surface area (Å²) < 4.78 is 6.15. The van der Waals surface area contributed by atoms with Gasteiger partial charge in [-0.1, -0.05) is 13.8 Å². The molecule has 2 aromatic rings. The number of carbonyl (C=O) groups excluding carboxylic acids is 1. The summed E-state index contributed by atoms with van der Waals surface area (Å²) in [6.07, 6.45) is 6.24. The lowest BCUT2D eigenvalue weighted by Crippen LogP contribution is -2.51. The van der Waals surface area contributed by atoms with Crippen molar-refractivity contribution in [1.82, 2.24) is 20.4 Å². The minimum absolute atomic E-state index is 0.0922. The van der Waals surface area contributed by atoms with Gasteiger partial charge in [0.2, 0.25) is 0 Å². The number of nitriles is 1. The molecule has 0 spiro atoms. The van der Waals surface area contributed by atoms with Gasteiger partial charge in [-0.2, -0.15) is 5.26 Å². The largest absolute Gasteiger partial charge is 0.490 e. The zero-order chi connectivity index (χ0) is 29.0. The van der Waals surface area contributed by atoms with Crippen LogP contribution in [0.1, 0.15) is 80.4 Å². The Kier molecular flexibility index (Phi) is 9.10. The van der Waals surface area contributed by atoms with Crippen LogP contribution in [-0.2, 0) is 0 Å². The normalized spacial score (nSPS) is 25.3. The molecule has 1 aliphatic carbocycles. The van der Waals surface area contributed by atoms with Crippen molar-refractivity contribution in [3.8, 4) is 11.8 Å². The van der Waals surface area contributed by atoms with Gasteiger partial charge < -0.3 is 25.0 Å². The van der Waals surface area contributed by atoms with E-state index >= 15 is 0 Å². The number of carbonyl (C=O) groups is 1. The van der Waals surface area contributed by atoms with Gasteiger partial charge in [0.1, 0.15) is 5.75 Å². The van der Waals surface area contributed by atoms with Crippen LogP contribution in [-0.4, -0.2) is 77.1 Å². The highest BCUT2D eigenvalue weighted by molar-refractivity contribution is 5.92. The van der Waals surface area contributed by atoms with Gasteiger partial charge in [-0.3, -0.25) is 4.79 Å². The van der Waals surface area contributed by atoms with Crippen molar-refractivity contribution in [1.29, 1.82) is 5.26 Å². The van der Waals surface area contributed by atoms with Gasteiger partial charge >= 0.3 is 0 Å². The van der Waals surface area contributed by atoms with Gasteiger partial charge in [-0.05, 0) is 99.1 Å². The van der Waals surface area contributed by atoms with E-state index in [9.17, 15) is 9.90 Å². The summed E-state index contributed by atoms with van der Waals surface area (Å²) in [5.74, 6) is 2.03. The minimum Gasteiger partial charge on any atom is -0.490 e. The van der Waals surface area contributed by atoms with Crippen molar-refractivity contribution in [2.24, 2.45) is 11.3 Å². The molecule has 2 N–H and O–H groups in total. The summed E-state index contributed by atoms with van der Waals surface area (Å²) in [5.41, 5.74) is 2.07. The van der Waals surface area contributed by atoms with Gasteiger partial charge in [-0.25, -0.2) is 0 Å². The molecule has 3 fully saturated rings. The number of rotatable bonds is 7. The maximum atomic E-state index is 12.9. The highest BCUT2D eigenvalue weighted by Crippen LogP contribution is 2.37. The Hall–Kier alpha value is -3.22. The Balaban J connectivity index is 1.08. The van der Waals surface area contributed by atoms with Crippen LogP contribution in [0.15, 0.2) is 30.3 Å². The van der Waals surface area contributed by atoms with Crippen LogP contribution in [0.4, 0.5) is 5.82 Å². The molecule has 2 saturated heterocycles. The Bertz CT molecular complexity index is 1230. The molecule has 1 unspecified atom stereocenters. The number of ether oxygens (including phenoxy) is 1. The Labute approximate surface area is 243 Å². The first-order chi connectivity index (χ1) is 19.7. The van der Waals surface area contributed by atoms with E-state index in [1.807, 2.05) is 25.1 Å². The van der Waals surface area contributed by atoms with Crippen molar-refractivity contribution in [2.45, 2.75) is 84.0 Å². The summed E-state index contributed by atoms with van der Waals surface area (Å²) in [5, 5.41) is 30.8. The molecule has 0 radical (unpaired) electrons. The van der Waals surface area contributed by atoms with E-state index in [1.165, 1.54) is 0 Å². The van der Waals surface area contributed by atoms with Crippen LogP contribution in [0.2, 0.25) is 0 Å². The molecule has 1 aromatic heterocycles. The number of piperidine rings is 2. The molecule has 5 rings (SSSR count). The second-order valence-corrected chi connectivity index (χ2v) is 12.9. The number of hydrogen-bond donors (Lipinski definition) is 2.